The predicted molar refractivity (Wildman–Crippen MR) is 119 cm³/mol. The number of hydrogen-bond donors (Lipinski definition) is 3. The lowest BCUT2D eigenvalue weighted by molar-refractivity contribution is -0.119. The molecule has 1 fully saturated rings. The van der Waals surface area contributed by atoms with Gasteiger partial charge >= 0.3 is 0 Å². The fraction of sp³-hybridized carbons (Fsp3) is 0.455. The number of carbonyl (C=O) groups excluding carboxylic acids is 1. The van der Waals surface area contributed by atoms with Crippen LogP contribution in [0.5, 0.6) is 0 Å². The summed E-state index contributed by atoms with van der Waals surface area (Å²) in [5.41, 5.74) is 1.34. The quantitative estimate of drug-likeness (QED) is 0.526. The van der Waals surface area contributed by atoms with Crippen molar-refractivity contribution in [3.8, 4) is 0 Å². The van der Waals surface area contributed by atoms with Gasteiger partial charge in [0.15, 0.2) is 5.65 Å². The molecule has 0 unspecified atom stereocenters. The van der Waals surface area contributed by atoms with Gasteiger partial charge in [-0.05, 0) is 51.7 Å². The second-order valence-electron chi connectivity index (χ2n) is 8.46. The van der Waals surface area contributed by atoms with Crippen LogP contribution in [0.15, 0.2) is 24.4 Å². The lowest BCUT2D eigenvalue weighted by Gasteiger charge is -2.30. The molecule has 0 radical (unpaired) electrons. The first-order chi connectivity index (χ1) is 15.3. The highest BCUT2D eigenvalue weighted by Crippen LogP contribution is 2.35. The molecule has 3 N–H and O–H groups in total. The van der Waals surface area contributed by atoms with E-state index in [2.05, 4.69) is 30.9 Å². The van der Waals surface area contributed by atoms with Crippen molar-refractivity contribution in [1.82, 2.24) is 24.8 Å². The molecule has 1 saturated carbocycles. The molecule has 1 aliphatic carbocycles. The Morgan fingerprint density at radius 1 is 1.16 bits per heavy atom. The van der Waals surface area contributed by atoms with Crippen LogP contribution in [0.1, 0.15) is 52.5 Å². The number of rotatable bonds is 6. The van der Waals surface area contributed by atoms with E-state index in [0.29, 0.717) is 23.1 Å². The second-order valence-corrected chi connectivity index (χ2v) is 8.46. The molecule has 170 valence electrons. The first-order valence-corrected chi connectivity index (χ1v) is 10.8. The maximum Gasteiger partial charge on any atom is 0.224 e. The Bertz CT molecular complexity index is 1120. The maximum absolute atomic E-state index is 14.3. The van der Waals surface area contributed by atoms with Crippen molar-refractivity contribution >= 4 is 34.7 Å². The van der Waals surface area contributed by atoms with Crippen LogP contribution in [-0.2, 0) is 4.79 Å². The summed E-state index contributed by atoms with van der Waals surface area (Å²) in [6.07, 6.45) is 4.87. The highest BCUT2D eigenvalue weighted by Gasteiger charge is 2.27. The van der Waals surface area contributed by atoms with Crippen molar-refractivity contribution in [3.05, 3.63) is 36.0 Å². The number of halogens is 2. The number of imidazole rings is 1. The first kappa shape index (κ1) is 21.9. The highest BCUT2D eigenvalue weighted by molar-refractivity contribution is 5.77. The van der Waals surface area contributed by atoms with Gasteiger partial charge in [-0.25, -0.2) is 18.7 Å². The molecule has 2 heterocycles. The molecule has 4 rings (SSSR count). The molecule has 32 heavy (non-hydrogen) atoms. The van der Waals surface area contributed by atoms with Crippen molar-refractivity contribution in [2.24, 2.45) is 0 Å². The normalized spacial score (nSPS) is 18.7. The van der Waals surface area contributed by atoms with Crippen LogP contribution in [0, 0.1) is 11.6 Å². The molecule has 1 aromatic carbocycles. The van der Waals surface area contributed by atoms with Gasteiger partial charge in [0, 0.05) is 31.1 Å². The van der Waals surface area contributed by atoms with Crippen LogP contribution < -0.4 is 16.0 Å². The standard InChI is InChI=1S/C22H27F2N7O/c1-12(2)26-21-25-11-19-20(30-21)31(16-7-5-15(6-8-16)27-13(3)32)22(29-19)28-18-9-4-14(23)10-17(18)24/h4,9-12,15-16H,5-8H2,1-3H3,(H,27,32)(H,28,29)(H,25,26,30)/t15-,16-. The minimum atomic E-state index is -0.703. The Kier molecular flexibility index (Phi) is 6.20. The lowest BCUT2D eigenvalue weighted by Crippen LogP contribution is -2.36. The van der Waals surface area contributed by atoms with Gasteiger partial charge in [0.1, 0.15) is 17.2 Å². The van der Waals surface area contributed by atoms with E-state index in [-0.39, 0.29) is 29.7 Å². The molecule has 1 aliphatic rings. The molecule has 3 aromatic rings. The Hall–Kier alpha value is -3.30. The Morgan fingerprint density at radius 3 is 2.56 bits per heavy atom. The second kappa shape index (κ2) is 9.05. The number of hydrogen-bond acceptors (Lipinski definition) is 6. The largest absolute Gasteiger partial charge is 0.354 e. The summed E-state index contributed by atoms with van der Waals surface area (Å²) in [4.78, 5) is 25.0. The number of nitrogens with zero attached hydrogens (tertiary/aromatic N) is 4. The number of nitrogens with one attached hydrogen (secondary N) is 3. The van der Waals surface area contributed by atoms with Crippen LogP contribution in [0.2, 0.25) is 0 Å². The van der Waals surface area contributed by atoms with E-state index in [0.717, 1.165) is 31.7 Å². The van der Waals surface area contributed by atoms with Gasteiger partial charge in [0.2, 0.25) is 17.8 Å². The van der Waals surface area contributed by atoms with Crippen molar-refractivity contribution in [1.29, 1.82) is 0 Å². The number of benzene rings is 1. The van der Waals surface area contributed by atoms with E-state index in [1.165, 1.54) is 19.1 Å². The van der Waals surface area contributed by atoms with Gasteiger partial charge in [-0.1, -0.05) is 0 Å². The summed E-state index contributed by atoms with van der Waals surface area (Å²) in [5.74, 6) is -0.475. The van der Waals surface area contributed by atoms with Crippen molar-refractivity contribution in [2.45, 2.75) is 64.6 Å². The van der Waals surface area contributed by atoms with Crippen LogP contribution in [0.3, 0.4) is 0 Å². The third kappa shape index (κ3) is 4.79. The summed E-state index contributed by atoms with van der Waals surface area (Å²) in [6.45, 7) is 5.52. The van der Waals surface area contributed by atoms with Crippen molar-refractivity contribution < 1.29 is 13.6 Å². The average molecular weight is 444 g/mol. The topological polar surface area (TPSA) is 96.8 Å². The van der Waals surface area contributed by atoms with E-state index in [9.17, 15) is 13.6 Å². The summed E-state index contributed by atoms with van der Waals surface area (Å²) in [5, 5.41) is 9.19. The van der Waals surface area contributed by atoms with E-state index in [1.807, 2.05) is 18.4 Å². The van der Waals surface area contributed by atoms with Gasteiger partial charge in [-0.3, -0.25) is 9.36 Å². The first-order valence-electron chi connectivity index (χ1n) is 10.8. The van der Waals surface area contributed by atoms with Crippen LogP contribution in [-0.4, -0.2) is 37.5 Å². The molecule has 1 amide bonds. The summed E-state index contributed by atoms with van der Waals surface area (Å²) in [6, 6.07) is 3.72. The summed E-state index contributed by atoms with van der Waals surface area (Å²) in [7, 11) is 0. The smallest absolute Gasteiger partial charge is 0.224 e. The number of carbonyl (C=O) groups is 1. The molecule has 10 heteroatoms. The number of fused-ring (bicyclic) bond motifs is 1. The van der Waals surface area contributed by atoms with Crippen molar-refractivity contribution in [2.75, 3.05) is 10.6 Å². The number of aromatic nitrogens is 4. The van der Waals surface area contributed by atoms with Crippen LogP contribution in [0.4, 0.5) is 26.4 Å². The molecule has 0 saturated heterocycles. The number of amides is 1. The Balaban J connectivity index is 1.71. The third-order valence-corrected chi connectivity index (χ3v) is 5.50. The van der Waals surface area contributed by atoms with Gasteiger partial charge in [0.05, 0.1) is 11.9 Å². The molecule has 8 nitrogen and oxygen atoms in total. The monoisotopic (exact) mass is 443 g/mol. The average Bonchev–Trinajstić information content (AvgIpc) is 3.07. The molecular formula is C22H27F2N7O. The minimum Gasteiger partial charge on any atom is -0.354 e. The summed E-state index contributed by atoms with van der Waals surface area (Å²) >= 11 is 0. The van der Waals surface area contributed by atoms with E-state index >= 15 is 0 Å². The van der Waals surface area contributed by atoms with Gasteiger partial charge in [-0.2, -0.15) is 4.98 Å². The SMILES string of the molecule is CC(=O)N[C@H]1CC[C@H](n2c(Nc3ccc(F)cc3F)nc3cnc(NC(C)C)nc32)CC1. The highest BCUT2D eigenvalue weighted by atomic mass is 19.1. The van der Waals surface area contributed by atoms with E-state index < -0.39 is 11.6 Å². The van der Waals surface area contributed by atoms with E-state index in [4.69, 9.17) is 0 Å². The molecular weight excluding hydrogens is 416 g/mol. The van der Waals surface area contributed by atoms with Gasteiger partial charge < -0.3 is 16.0 Å². The van der Waals surface area contributed by atoms with E-state index in [1.54, 1.807) is 6.20 Å². The third-order valence-electron chi connectivity index (χ3n) is 5.50. The fourth-order valence-electron chi connectivity index (χ4n) is 4.13. The molecule has 0 atom stereocenters. The molecule has 0 bridgehead atoms. The lowest BCUT2D eigenvalue weighted by atomic mass is 9.91. The zero-order valence-corrected chi connectivity index (χ0v) is 18.3. The van der Waals surface area contributed by atoms with Gasteiger partial charge in [-0.15, -0.1) is 0 Å². The Morgan fingerprint density at radius 2 is 1.91 bits per heavy atom. The molecule has 2 aromatic heterocycles. The van der Waals surface area contributed by atoms with Gasteiger partial charge in [0.25, 0.3) is 0 Å². The fourth-order valence-corrected chi connectivity index (χ4v) is 4.13. The summed E-state index contributed by atoms with van der Waals surface area (Å²) < 4.78 is 29.7. The van der Waals surface area contributed by atoms with Crippen LogP contribution in [0.25, 0.3) is 11.2 Å². The van der Waals surface area contributed by atoms with Crippen molar-refractivity contribution in [3.63, 3.8) is 0 Å². The number of anilines is 3. The zero-order chi connectivity index (χ0) is 22.8. The zero-order valence-electron chi connectivity index (χ0n) is 18.3. The molecule has 0 aliphatic heterocycles. The molecule has 0 spiro atoms. The Labute approximate surface area is 184 Å². The van der Waals surface area contributed by atoms with Crippen LogP contribution >= 0.6 is 0 Å². The maximum atomic E-state index is 14.3. The predicted octanol–water partition coefficient (Wildman–Crippen LogP) is 4.29. The minimum absolute atomic E-state index is 0.0344.